The van der Waals surface area contributed by atoms with Gasteiger partial charge in [-0.25, -0.2) is 0 Å². The standard InChI is InChI=1S/C11H13BrO/c12-11(9-13)8-4-7-10-5-2-1-3-6-10/h1-3,5-6,8,13H,4,7,9H2/b11-8-. The van der Waals surface area contributed by atoms with Crippen molar-refractivity contribution in [2.75, 3.05) is 6.61 Å². The fourth-order valence-corrected chi connectivity index (χ4v) is 1.33. The molecule has 1 rings (SSSR count). The number of rotatable bonds is 4. The molecular formula is C11H13BrO. The fraction of sp³-hybridized carbons (Fsp3) is 0.273. The third kappa shape index (κ3) is 4.25. The van der Waals surface area contributed by atoms with E-state index in [4.69, 9.17) is 5.11 Å². The molecule has 0 saturated carbocycles. The van der Waals surface area contributed by atoms with Gasteiger partial charge in [0.1, 0.15) is 0 Å². The number of benzene rings is 1. The van der Waals surface area contributed by atoms with Gasteiger partial charge in [-0.1, -0.05) is 52.3 Å². The Bertz CT molecular complexity index is 267. The number of hydrogen-bond donors (Lipinski definition) is 1. The average molecular weight is 241 g/mol. The summed E-state index contributed by atoms with van der Waals surface area (Å²) < 4.78 is 0.864. The first-order valence-corrected chi connectivity index (χ1v) is 5.11. The SMILES string of the molecule is OC/C(Br)=C/CCc1ccccc1. The molecule has 1 nitrogen and oxygen atoms in total. The molecule has 0 atom stereocenters. The van der Waals surface area contributed by atoms with Crippen molar-refractivity contribution >= 4 is 15.9 Å². The van der Waals surface area contributed by atoms with Crippen molar-refractivity contribution in [3.05, 3.63) is 46.5 Å². The van der Waals surface area contributed by atoms with Crippen molar-refractivity contribution in [1.29, 1.82) is 0 Å². The molecule has 0 amide bonds. The van der Waals surface area contributed by atoms with Crippen molar-refractivity contribution in [2.24, 2.45) is 0 Å². The molecule has 0 aliphatic heterocycles. The maximum absolute atomic E-state index is 8.72. The highest BCUT2D eigenvalue weighted by atomic mass is 79.9. The summed E-state index contributed by atoms with van der Waals surface area (Å²) in [5, 5.41) is 8.72. The van der Waals surface area contributed by atoms with Gasteiger partial charge in [0.05, 0.1) is 6.61 Å². The minimum atomic E-state index is 0.0921. The number of hydrogen-bond acceptors (Lipinski definition) is 1. The van der Waals surface area contributed by atoms with Crippen molar-refractivity contribution in [2.45, 2.75) is 12.8 Å². The molecule has 0 aliphatic carbocycles. The Balaban J connectivity index is 2.36. The maximum Gasteiger partial charge on any atom is 0.0743 e. The van der Waals surface area contributed by atoms with E-state index in [1.54, 1.807) is 0 Å². The van der Waals surface area contributed by atoms with Crippen LogP contribution in [-0.2, 0) is 6.42 Å². The van der Waals surface area contributed by atoms with Gasteiger partial charge in [0.25, 0.3) is 0 Å². The zero-order valence-electron chi connectivity index (χ0n) is 7.41. The first-order chi connectivity index (χ1) is 6.33. The molecule has 0 radical (unpaired) electrons. The van der Waals surface area contributed by atoms with Crippen molar-refractivity contribution in [3.8, 4) is 0 Å². The molecule has 1 aromatic rings. The summed E-state index contributed by atoms with van der Waals surface area (Å²) in [4.78, 5) is 0. The summed E-state index contributed by atoms with van der Waals surface area (Å²) >= 11 is 3.26. The van der Waals surface area contributed by atoms with E-state index in [9.17, 15) is 0 Å². The maximum atomic E-state index is 8.72. The Hall–Kier alpha value is -0.600. The number of halogens is 1. The first-order valence-electron chi connectivity index (χ1n) is 4.32. The lowest BCUT2D eigenvalue weighted by atomic mass is 10.1. The van der Waals surface area contributed by atoms with Crippen LogP contribution in [0.2, 0.25) is 0 Å². The Kier molecular flexibility index (Phi) is 4.79. The molecular weight excluding hydrogens is 228 g/mol. The number of aryl methyl sites for hydroxylation is 1. The van der Waals surface area contributed by atoms with Crippen LogP contribution in [0.25, 0.3) is 0 Å². The largest absolute Gasteiger partial charge is 0.391 e. The predicted octanol–water partition coefficient (Wildman–Crippen LogP) is 2.89. The van der Waals surface area contributed by atoms with Gasteiger partial charge < -0.3 is 5.11 Å². The third-order valence-corrected chi connectivity index (χ3v) is 2.37. The highest BCUT2D eigenvalue weighted by molar-refractivity contribution is 9.11. The minimum absolute atomic E-state index is 0.0921. The lowest BCUT2D eigenvalue weighted by molar-refractivity contribution is 0.340. The number of allylic oxidation sites excluding steroid dienone is 1. The van der Waals surface area contributed by atoms with E-state index in [0.29, 0.717) is 0 Å². The molecule has 0 spiro atoms. The van der Waals surface area contributed by atoms with Crippen molar-refractivity contribution in [3.63, 3.8) is 0 Å². The second-order valence-electron chi connectivity index (χ2n) is 2.83. The van der Waals surface area contributed by atoms with Gasteiger partial charge in [0, 0.05) is 4.48 Å². The smallest absolute Gasteiger partial charge is 0.0743 e. The third-order valence-electron chi connectivity index (χ3n) is 1.79. The minimum Gasteiger partial charge on any atom is -0.391 e. The zero-order valence-corrected chi connectivity index (χ0v) is 9.00. The van der Waals surface area contributed by atoms with Gasteiger partial charge in [-0.3, -0.25) is 0 Å². The van der Waals surface area contributed by atoms with Gasteiger partial charge in [-0.2, -0.15) is 0 Å². The molecule has 70 valence electrons. The highest BCUT2D eigenvalue weighted by Crippen LogP contribution is 2.08. The van der Waals surface area contributed by atoms with Crippen LogP contribution < -0.4 is 0 Å². The summed E-state index contributed by atoms with van der Waals surface area (Å²) in [5.74, 6) is 0. The first kappa shape index (κ1) is 10.5. The molecule has 0 unspecified atom stereocenters. The van der Waals surface area contributed by atoms with Gasteiger partial charge in [0.2, 0.25) is 0 Å². The highest BCUT2D eigenvalue weighted by Gasteiger charge is 1.90. The molecule has 1 N–H and O–H groups in total. The summed E-state index contributed by atoms with van der Waals surface area (Å²) in [6, 6.07) is 10.3. The topological polar surface area (TPSA) is 20.2 Å². The van der Waals surface area contributed by atoms with E-state index >= 15 is 0 Å². The van der Waals surface area contributed by atoms with E-state index in [0.717, 1.165) is 17.3 Å². The van der Waals surface area contributed by atoms with Crippen LogP contribution in [0.4, 0.5) is 0 Å². The van der Waals surface area contributed by atoms with Crippen LogP contribution in [0.1, 0.15) is 12.0 Å². The summed E-state index contributed by atoms with van der Waals surface area (Å²) in [7, 11) is 0. The van der Waals surface area contributed by atoms with Gasteiger partial charge in [-0.15, -0.1) is 0 Å². The van der Waals surface area contributed by atoms with Gasteiger partial charge in [0.15, 0.2) is 0 Å². The molecule has 2 heteroatoms. The molecule has 13 heavy (non-hydrogen) atoms. The second-order valence-corrected chi connectivity index (χ2v) is 3.85. The summed E-state index contributed by atoms with van der Waals surface area (Å²) in [6.07, 6.45) is 3.99. The quantitative estimate of drug-likeness (QED) is 0.859. The second kappa shape index (κ2) is 5.95. The van der Waals surface area contributed by atoms with Gasteiger partial charge in [-0.05, 0) is 18.4 Å². The van der Waals surface area contributed by atoms with E-state index < -0.39 is 0 Å². The van der Waals surface area contributed by atoms with Crippen molar-refractivity contribution < 1.29 is 5.11 Å². The number of aliphatic hydroxyl groups excluding tert-OH is 1. The van der Waals surface area contributed by atoms with E-state index in [1.165, 1.54) is 5.56 Å². The predicted molar refractivity (Wildman–Crippen MR) is 58.9 cm³/mol. The molecule has 0 aromatic heterocycles. The fourth-order valence-electron chi connectivity index (χ4n) is 1.10. The van der Waals surface area contributed by atoms with E-state index in [2.05, 4.69) is 28.1 Å². The molecule has 0 heterocycles. The van der Waals surface area contributed by atoms with E-state index in [-0.39, 0.29) is 6.61 Å². The van der Waals surface area contributed by atoms with Crippen molar-refractivity contribution in [1.82, 2.24) is 0 Å². The van der Waals surface area contributed by atoms with Crippen LogP contribution in [0.5, 0.6) is 0 Å². The van der Waals surface area contributed by atoms with Crippen LogP contribution in [-0.4, -0.2) is 11.7 Å². The van der Waals surface area contributed by atoms with Crippen LogP contribution in [0.15, 0.2) is 40.9 Å². The van der Waals surface area contributed by atoms with Crippen LogP contribution in [0, 0.1) is 0 Å². The van der Waals surface area contributed by atoms with Crippen LogP contribution in [0.3, 0.4) is 0 Å². The molecule has 0 bridgehead atoms. The summed E-state index contributed by atoms with van der Waals surface area (Å²) in [5.41, 5.74) is 1.33. The monoisotopic (exact) mass is 240 g/mol. The Morgan fingerprint density at radius 1 is 1.31 bits per heavy atom. The molecule has 0 saturated heterocycles. The zero-order chi connectivity index (χ0) is 9.52. The van der Waals surface area contributed by atoms with Gasteiger partial charge >= 0.3 is 0 Å². The lowest BCUT2D eigenvalue weighted by Crippen LogP contribution is -1.84. The normalized spacial score (nSPS) is 11.7. The Morgan fingerprint density at radius 2 is 2.00 bits per heavy atom. The molecule has 0 fully saturated rings. The van der Waals surface area contributed by atoms with Crippen LogP contribution >= 0.6 is 15.9 Å². The summed E-state index contributed by atoms with van der Waals surface area (Å²) in [6.45, 7) is 0.0921. The average Bonchev–Trinajstić information content (AvgIpc) is 2.19. The Morgan fingerprint density at radius 3 is 2.62 bits per heavy atom. The molecule has 1 aromatic carbocycles. The molecule has 0 aliphatic rings. The lowest BCUT2D eigenvalue weighted by Gasteiger charge is -1.97. The number of aliphatic hydroxyl groups is 1. The Labute approximate surface area is 87.2 Å². The van der Waals surface area contributed by atoms with E-state index in [1.807, 2.05) is 24.3 Å².